The monoisotopic (exact) mass is 195 g/mol. The van der Waals surface area contributed by atoms with Gasteiger partial charge < -0.3 is 23.7 Å². The first-order chi connectivity index (χ1) is 3.00. The fourth-order valence-electron chi connectivity index (χ4n) is 0. The van der Waals surface area contributed by atoms with Gasteiger partial charge in [-0.25, -0.2) is 0 Å². The summed E-state index contributed by atoms with van der Waals surface area (Å²) in [5.74, 6) is 0. The predicted octanol–water partition coefficient (Wildman–Crippen LogP) is -0.117. The van der Waals surface area contributed by atoms with E-state index in [0.29, 0.717) is 0 Å². The molecule has 0 fully saturated rings. The van der Waals surface area contributed by atoms with E-state index in [1.165, 1.54) is 0 Å². The van der Waals surface area contributed by atoms with Crippen LogP contribution in [0.25, 0.3) is 0 Å². The van der Waals surface area contributed by atoms with E-state index < -0.39 is 0 Å². The Balaban J connectivity index is -0.00000000500. The molecule has 0 heterocycles. The number of hydrogen-bond acceptors (Lipinski definition) is 2. The molecule has 0 saturated carbocycles. The summed E-state index contributed by atoms with van der Waals surface area (Å²) in [5.41, 5.74) is 0. The first-order valence-electron chi connectivity index (χ1n) is 0.651. The Hall–Kier alpha value is -0.267. The second kappa shape index (κ2) is 3100. The van der Waals surface area contributed by atoms with E-state index in [4.69, 9.17) is 28.3 Å². The number of hydrogen-bond donors (Lipinski definition) is 0. The van der Waals surface area contributed by atoms with Crippen molar-refractivity contribution in [2.45, 2.75) is 0 Å². The third-order valence-corrected chi connectivity index (χ3v) is 0. The Morgan fingerprint density at radius 2 is 0.875 bits per heavy atom. The van der Waals surface area contributed by atoms with Gasteiger partial charge in [-0.1, -0.05) is 0 Å². The molecule has 0 bridgehead atoms. The second-order valence-electron chi connectivity index (χ2n) is 0. The minimum atomic E-state index is 0. The molecule has 5 heteroatoms. The molecule has 0 aromatic carbocycles. The summed E-state index contributed by atoms with van der Waals surface area (Å²) < 4.78 is 7.50. The van der Waals surface area contributed by atoms with Crippen molar-refractivity contribution in [3.8, 4) is 0 Å². The van der Waals surface area contributed by atoms with Gasteiger partial charge in [-0.2, -0.15) is 0 Å². The van der Waals surface area contributed by atoms with E-state index >= 15 is 0 Å². The van der Waals surface area contributed by atoms with Gasteiger partial charge in [-0.05, 0) is 0 Å². The predicted molar refractivity (Wildman–Crippen MR) is 15.3 cm³/mol. The molecule has 0 aliphatic heterocycles. The molecule has 0 aromatic rings. The third-order valence-electron chi connectivity index (χ3n) is 0. The van der Waals surface area contributed by atoms with Gasteiger partial charge in [0.25, 0.3) is 0 Å². The molecule has 0 spiro atoms. The molecule has 0 aromatic heterocycles. The Labute approximate surface area is 68.8 Å². The van der Waals surface area contributed by atoms with Crippen LogP contribution < -0.4 is 0 Å². The van der Waals surface area contributed by atoms with E-state index in [9.17, 15) is 0 Å². The quantitative estimate of drug-likeness (QED) is 0.307. The van der Waals surface area contributed by atoms with Gasteiger partial charge in [0, 0.05) is 0 Å². The van der Waals surface area contributed by atoms with E-state index in [-0.39, 0.29) is 33.6 Å². The number of nitrogens with zero attached hydrogens (tertiary/aromatic N) is 2. The topological polar surface area (TPSA) is 67.5 Å². The van der Waals surface area contributed by atoms with Gasteiger partial charge in [0.2, 0.25) is 0 Å². The standard InChI is InChI=1S/2CN.CO.Fe.Ni.H/c3*1-2;;;/q2*-1;;+3;;. The second-order valence-corrected chi connectivity index (χ2v) is 0. The molecule has 0 rings (SSSR count). The van der Waals surface area contributed by atoms with Crippen LogP contribution >= 0.6 is 0 Å². The van der Waals surface area contributed by atoms with E-state index in [1.807, 2.05) is 0 Å². The van der Waals surface area contributed by atoms with E-state index in [2.05, 4.69) is 6.65 Å². The van der Waals surface area contributed by atoms with Crippen molar-refractivity contribution in [3.05, 3.63) is 19.8 Å². The fourth-order valence-corrected chi connectivity index (χ4v) is 0. The Morgan fingerprint density at radius 1 is 0.875 bits per heavy atom. The molecule has 0 saturated heterocycles. The normalized spacial score (nSPS) is 0.750. The molecule has 0 amide bonds. The van der Waals surface area contributed by atoms with Crippen LogP contribution in [0.1, 0.15) is 0 Å². The third kappa shape index (κ3) is 1800. The van der Waals surface area contributed by atoms with Crippen molar-refractivity contribution in [1.82, 2.24) is 0 Å². The summed E-state index contributed by atoms with van der Waals surface area (Å²) in [4.78, 5) is 0. The molecule has 1 radical (unpaired) electrons. The van der Waals surface area contributed by atoms with Crippen molar-refractivity contribution in [3.63, 3.8) is 0 Å². The Morgan fingerprint density at radius 3 is 0.875 bits per heavy atom. The summed E-state index contributed by atoms with van der Waals surface area (Å²) in [7, 11) is 0. The Bertz CT molecular complexity index is 45.8. The molecule has 8 heavy (non-hydrogen) atoms. The molecule has 3 nitrogen and oxygen atoms in total. The first-order valence-corrected chi connectivity index (χ1v) is 0.651. The van der Waals surface area contributed by atoms with Crippen LogP contribution in [0.3, 0.4) is 0 Å². The van der Waals surface area contributed by atoms with Crippen molar-refractivity contribution in [2.75, 3.05) is 0 Å². The van der Waals surface area contributed by atoms with Crippen LogP contribution in [0.4, 0.5) is 0 Å². The van der Waals surface area contributed by atoms with Gasteiger partial charge in [-0.3, -0.25) is 0 Å². The van der Waals surface area contributed by atoms with Crippen LogP contribution in [0.2, 0.25) is 0 Å². The molecule has 0 atom stereocenters. The SMILES string of the molecule is [C-]#N.[C-]#N.[C-]#[O+].[Fe+3].[NiH]. The summed E-state index contributed by atoms with van der Waals surface area (Å²) in [6.07, 6.45) is 0. The molecule has 0 unspecified atom stereocenters. The molecule has 0 N–H and O–H groups in total. The number of rotatable bonds is 0. The summed E-state index contributed by atoms with van der Waals surface area (Å²) in [5, 5.41) is 12.5. The summed E-state index contributed by atoms with van der Waals surface area (Å²) in [6.45, 7) is 14.0. The van der Waals surface area contributed by atoms with Crippen molar-refractivity contribution in [1.29, 1.82) is 10.5 Å². The van der Waals surface area contributed by atoms with Gasteiger partial charge in [-0.15, -0.1) is 0 Å². The van der Waals surface area contributed by atoms with E-state index in [1.54, 1.807) is 0 Å². The minimum absolute atomic E-state index is 0. The zero-order valence-electron chi connectivity index (χ0n) is 3.49. The van der Waals surface area contributed by atoms with Gasteiger partial charge in [0.1, 0.15) is 0 Å². The van der Waals surface area contributed by atoms with E-state index in [0.717, 1.165) is 0 Å². The first kappa shape index (κ1) is 46.9. The van der Waals surface area contributed by atoms with Crippen molar-refractivity contribution >= 4 is 0 Å². The van der Waals surface area contributed by atoms with Crippen LogP contribution in [-0.4, -0.2) is 0 Å². The van der Waals surface area contributed by atoms with Crippen LogP contribution in [0.15, 0.2) is 0 Å². The zero-order chi connectivity index (χ0) is 6.00. The Kier molecular flexibility index (Phi) is 18200. The maximum atomic E-state index is 7.50. The van der Waals surface area contributed by atoms with Gasteiger partial charge in [0.05, 0.1) is 0 Å². The fraction of sp³-hybridized carbons (Fsp3) is 0. The molecule has 46 valence electrons. The maximum absolute atomic E-state index is 7.50. The summed E-state index contributed by atoms with van der Waals surface area (Å²) >= 11 is 0. The van der Waals surface area contributed by atoms with Crippen molar-refractivity contribution in [2.24, 2.45) is 0 Å². The molecular formula is C3HFeN2NiO+. The zero-order valence-corrected chi connectivity index (χ0v) is 5.63. The van der Waals surface area contributed by atoms with Gasteiger partial charge in [0.15, 0.2) is 0 Å². The molecular weight excluding hydrogens is 195 g/mol. The van der Waals surface area contributed by atoms with Crippen LogP contribution in [0, 0.1) is 30.3 Å². The average molecular weight is 196 g/mol. The molecule has 0 aliphatic rings. The van der Waals surface area contributed by atoms with Crippen LogP contribution in [0.5, 0.6) is 0 Å². The van der Waals surface area contributed by atoms with Crippen molar-refractivity contribution < 1.29 is 38.2 Å². The van der Waals surface area contributed by atoms with Gasteiger partial charge >= 0.3 is 44.9 Å². The van der Waals surface area contributed by atoms with Crippen LogP contribution in [-0.2, 0) is 38.2 Å². The molecule has 0 aliphatic carbocycles. The summed E-state index contributed by atoms with van der Waals surface area (Å²) in [6, 6.07) is 0. The average Bonchev–Trinajstić information content (AvgIpc) is 1.81.